The second-order valence-corrected chi connectivity index (χ2v) is 4.50. The van der Waals surface area contributed by atoms with E-state index in [-0.39, 0.29) is 0 Å². The minimum Gasteiger partial charge on any atom is -0.370 e. The number of nitrogens with zero attached hydrogens (tertiary/aromatic N) is 3. The Hall–Kier alpha value is -0.680. The van der Waals surface area contributed by atoms with Crippen molar-refractivity contribution in [3.05, 3.63) is 6.20 Å². The number of nitrogens with one attached hydrogen (secondary N) is 1. The number of aromatic nitrogens is 2. The molecule has 1 atom stereocenters. The molecule has 1 fully saturated rings. The molecule has 78 valence electrons. The van der Waals surface area contributed by atoms with Crippen LogP contribution in [0.4, 0.5) is 5.00 Å². The summed E-state index contributed by atoms with van der Waals surface area (Å²) in [6, 6.07) is 0.587. The highest BCUT2D eigenvalue weighted by atomic mass is 32.1. The third-order valence-electron chi connectivity index (χ3n) is 2.52. The van der Waals surface area contributed by atoms with Crippen molar-refractivity contribution in [3.8, 4) is 0 Å². The van der Waals surface area contributed by atoms with Gasteiger partial charge in [0.05, 0.1) is 6.20 Å². The van der Waals surface area contributed by atoms with Crippen molar-refractivity contribution in [1.82, 2.24) is 14.5 Å². The van der Waals surface area contributed by atoms with Gasteiger partial charge < -0.3 is 10.2 Å². The van der Waals surface area contributed by atoms with E-state index in [0.717, 1.165) is 11.5 Å². The Kier molecular flexibility index (Phi) is 3.31. The lowest BCUT2D eigenvalue weighted by Crippen LogP contribution is -2.26. The van der Waals surface area contributed by atoms with Crippen molar-refractivity contribution in [1.29, 1.82) is 0 Å². The van der Waals surface area contributed by atoms with Crippen LogP contribution in [0.2, 0.25) is 0 Å². The van der Waals surface area contributed by atoms with Crippen molar-refractivity contribution in [2.24, 2.45) is 0 Å². The fourth-order valence-electron chi connectivity index (χ4n) is 1.90. The highest BCUT2D eigenvalue weighted by Crippen LogP contribution is 2.17. The van der Waals surface area contributed by atoms with Gasteiger partial charge in [-0.05, 0) is 19.4 Å². The maximum atomic E-state index is 3.84. The molecule has 5 heteroatoms. The van der Waals surface area contributed by atoms with Crippen molar-refractivity contribution in [3.63, 3.8) is 0 Å². The van der Waals surface area contributed by atoms with E-state index in [1.165, 1.54) is 37.5 Å². The molecule has 1 aromatic rings. The Balaban J connectivity index is 1.79. The van der Waals surface area contributed by atoms with Gasteiger partial charge in [-0.2, -0.15) is 0 Å². The molecular weight excluding hydrogens is 196 g/mol. The molecule has 14 heavy (non-hydrogen) atoms. The van der Waals surface area contributed by atoms with Gasteiger partial charge in [-0.3, -0.25) is 0 Å². The average molecular weight is 212 g/mol. The van der Waals surface area contributed by atoms with E-state index >= 15 is 0 Å². The van der Waals surface area contributed by atoms with Crippen molar-refractivity contribution < 1.29 is 0 Å². The van der Waals surface area contributed by atoms with E-state index in [0.29, 0.717) is 6.04 Å². The molecule has 4 nitrogen and oxygen atoms in total. The molecule has 1 aliphatic rings. The summed E-state index contributed by atoms with van der Waals surface area (Å²) in [5.41, 5.74) is 0. The lowest BCUT2D eigenvalue weighted by molar-refractivity contribution is 0.337. The molecule has 0 saturated carbocycles. The fourth-order valence-corrected chi connectivity index (χ4v) is 2.40. The summed E-state index contributed by atoms with van der Waals surface area (Å²) >= 11 is 1.43. The summed E-state index contributed by atoms with van der Waals surface area (Å²) in [4.78, 5) is 2.51. The Bertz CT molecular complexity index is 262. The molecule has 0 spiro atoms. The SMILES string of the molecule is CCCN1CCC(Nc2cnns2)C1. The summed E-state index contributed by atoms with van der Waals surface area (Å²) in [7, 11) is 0. The molecule has 0 amide bonds. The maximum absolute atomic E-state index is 3.84. The molecule has 1 unspecified atom stereocenters. The van der Waals surface area contributed by atoms with Gasteiger partial charge in [-0.1, -0.05) is 11.4 Å². The van der Waals surface area contributed by atoms with Gasteiger partial charge >= 0.3 is 0 Å². The minimum absolute atomic E-state index is 0.587. The number of hydrogen-bond acceptors (Lipinski definition) is 5. The largest absolute Gasteiger partial charge is 0.370 e. The molecular formula is C9H16N4S. The Morgan fingerprint density at radius 1 is 1.71 bits per heavy atom. The van der Waals surface area contributed by atoms with Gasteiger partial charge in [-0.25, -0.2) is 0 Å². The number of anilines is 1. The van der Waals surface area contributed by atoms with Crippen LogP contribution in [0.5, 0.6) is 0 Å². The molecule has 0 aromatic carbocycles. The topological polar surface area (TPSA) is 41.0 Å². The van der Waals surface area contributed by atoms with Gasteiger partial charge in [0.25, 0.3) is 0 Å². The Labute approximate surface area is 88.5 Å². The van der Waals surface area contributed by atoms with Crippen LogP contribution in [0.3, 0.4) is 0 Å². The second-order valence-electron chi connectivity index (χ2n) is 3.71. The first-order valence-electron chi connectivity index (χ1n) is 5.14. The molecule has 2 heterocycles. The Morgan fingerprint density at radius 3 is 3.36 bits per heavy atom. The quantitative estimate of drug-likeness (QED) is 0.820. The molecule has 1 N–H and O–H groups in total. The van der Waals surface area contributed by atoms with Crippen LogP contribution in [0.15, 0.2) is 6.20 Å². The lowest BCUT2D eigenvalue weighted by atomic mass is 10.3. The van der Waals surface area contributed by atoms with Crippen molar-refractivity contribution in [2.45, 2.75) is 25.8 Å². The molecule has 1 saturated heterocycles. The van der Waals surface area contributed by atoms with Crippen LogP contribution in [0.1, 0.15) is 19.8 Å². The first kappa shape index (κ1) is 9.86. The predicted molar refractivity (Wildman–Crippen MR) is 58.7 cm³/mol. The van der Waals surface area contributed by atoms with Crippen LogP contribution in [-0.4, -0.2) is 40.2 Å². The zero-order valence-electron chi connectivity index (χ0n) is 8.44. The second kappa shape index (κ2) is 4.70. The number of rotatable bonds is 4. The Morgan fingerprint density at radius 2 is 2.64 bits per heavy atom. The van der Waals surface area contributed by atoms with Crippen LogP contribution in [0.25, 0.3) is 0 Å². The fraction of sp³-hybridized carbons (Fsp3) is 0.778. The van der Waals surface area contributed by atoms with Gasteiger partial charge in [-0.15, -0.1) is 5.10 Å². The normalized spacial score (nSPS) is 22.8. The summed E-state index contributed by atoms with van der Waals surface area (Å²) < 4.78 is 3.84. The molecule has 1 aliphatic heterocycles. The average Bonchev–Trinajstić information content (AvgIpc) is 2.79. The van der Waals surface area contributed by atoms with Crippen LogP contribution in [0, 0.1) is 0 Å². The van der Waals surface area contributed by atoms with Crippen LogP contribution >= 0.6 is 11.5 Å². The molecule has 0 aliphatic carbocycles. The van der Waals surface area contributed by atoms with Gasteiger partial charge in [0.1, 0.15) is 5.00 Å². The van der Waals surface area contributed by atoms with Crippen molar-refractivity contribution >= 4 is 16.5 Å². The zero-order valence-corrected chi connectivity index (χ0v) is 9.26. The summed E-state index contributed by atoms with van der Waals surface area (Å²) in [6.07, 6.45) is 4.28. The molecule has 1 aromatic heterocycles. The minimum atomic E-state index is 0.587. The van der Waals surface area contributed by atoms with E-state index in [1.807, 2.05) is 0 Å². The molecule has 0 bridgehead atoms. The highest BCUT2D eigenvalue weighted by Gasteiger charge is 2.21. The third-order valence-corrected chi connectivity index (χ3v) is 3.12. The van der Waals surface area contributed by atoms with Crippen LogP contribution < -0.4 is 5.32 Å². The summed E-state index contributed by atoms with van der Waals surface area (Å²) in [6.45, 7) is 5.83. The first-order chi connectivity index (χ1) is 6.88. The van der Waals surface area contributed by atoms with E-state index in [2.05, 4.69) is 26.7 Å². The molecule has 0 radical (unpaired) electrons. The number of hydrogen-bond donors (Lipinski definition) is 1. The van der Waals surface area contributed by atoms with Crippen molar-refractivity contribution in [2.75, 3.05) is 25.0 Å². The third kappa shape index (κ3) is 2.42. The standard InChI is InChI=1S/C9H16N4S/c1-2-4-13-5-3-8(7-13)11-9-6-10-12-14-9/h6,8,11H,2-5,7H2,1H3. The number of likely N-dealkylation sites (tertiary alicyclic amines) is 1. The van der Waals surface area contributed by atoms with Crippen LogP contribution in [-0.2, 0) is 0 Å². The summed E-state index contributed by atoms with van der Waals surface area (Å²) in [5, 5.41) is 8.36. The predicted octanol–water partition coefficient (Wildman–Crippen LogP) is 1.43. The highest BCUT2D eigenvalue weighted by molar-refractivity contribution is 7.09. The first-order valence-corrected chi connectivity index (χ1v) is 5.92. The lowest BCUT2D eigenvalue weighted by Gasteiger charge is -2.14. The van der Waals surface area contributed by atoms with Gasteiger partial charge in [0.2, 0.25) is 0 Å². The van der Waals surface area contributed by atoms with E-state index < -0.39 is 0 Å². The van der Waals surface area contributed by atoms with E-state index in [9.17, 15) is 0 Å². The maximum Gasteiger partial charge on any atom is 0.130 e. The zero-order chi connectivity index (χ0) is 9.80. The smallest absolute Gasteiger partial charge is 0.130 e. The summed E-state index contributed by atoms with van der Waals surface area (Å²) in [5.74, 6) is 0. The van der Waals surface area contributed by atoms with Gasteiger partial charge in [0, 0.05) is 30.7 Å². The van der Waals surface area contributed by atoms with E-state index in [4.69, 9.17) is 0 Å². The molecule has 2 rings (SSSR count). The van der Waals surface area contributed by atoms with E-state index in [1.54, 1.807) is 6.20 Å². The monoisotopic (exact) mass is 212 g/mol. The van der Waals surface area contributed by atoms with Gasteiger partial charge in [0.15, 0.2) is 0 Å².